The SMILES string of the molecule is CCCc1ccc(C)cc1N1C(=O)CSC1=NC(O)NCCCc1cccc(-c2ncn(-c3ccc(OC(F)(F)F)cc3)n2)c1. The molecule has 236 valence electrons. The van der Waals surface area contributed by atoms with Crippen LogP contribution in [0.2, 0.25) is 0 Å². The monoisotopic (exact) mass is 638 g/mol. The number of hydrogen-bond donors (Lipinski definition) is 2. The molecule has 9 nitrogen and oxygen atoms in total. The Kier molecular flexibility index (Phi) is 10.2. The van der Waals surface area contributed by atoms with Crippen LogP contribution in [0, 0.1) is 6.92 Å². The summed E-state index contributed by atoms with van der Waals surface area (Å²) in [5.41, 5.74) is 5.33. The average Bonchev–Trinajstić information content (AvgIpc) is 3.63. The van der Waals surface area contributed by atoms with Crippen molar-refractivity contribution in [3.05, 3.63) is 89.7 Å². The lowest BCUT2D eigenvalue weighted by atomic mass is 10.0. The Morgan fingerprint density at radius 1 is 1.11 bits per heavy atom. The number of halogens is 3. The van der Waals surface area contributed by atoms with Crippen LogP contribution in [0.5, 0.6) is 5.75 Å². The van der Waals surface area contributed by atoms with E-state index in [2.05, 4.69) is 32.1 Å². The normalized spacial score (nSPS) is 15.2. The van der Waals surface area contributed by atoms with Crippen molar-refractivity contribution in [1.82, 2.24) is 20.1 Å². The topological polar surface area (TPSA) is 105 Å². The standard InChI is InChI=1S/C32H33F3N6O3S/c1-3-6-23-11-10-21(2)17-27(23)41-28(42)19-45-31(41)38-30(43)36-16-5-8-22-7-4-9-24(18-22)29-37-20-40(39-29)25-12-14-26(15-13-25)44-32(33,34)35/h4,7,9-15,17-18,20,30,36,43H,3,5-6,8,16,19H2,1-2H3. The zero-order valence-electron chi connectivity index (χ0n) is 24.8. The molecule has 4 aromatic rings. The van der Waals surface area contributed by atoms with Crippen LogP contribution in [0.1, 0.15) is 36.5 Å². The van der Waals surface area contributed by atoms with Crippen LogP contribution in [0.4, 0.5) is 18.9 Å². The predicted molar refractivity (Wildman–Crippen MR) is 168 cm³/mol. The molecule has 0 saturated carbocycles. The molecular weight excluding hydrogens is 605 g/mol. The van der Waals surface area contributed by atoms with Gasteiger partial charge in [0.05, 0.1) is 17.1 Å². The Bertz CT molecular complexity index is 1660. The molecule has 1 amide bonds. The van der Waals surface area contributed by atoms with Crippen molar-refractivity contribution in [2.75, 3.05) is 17.2 Å². The highest BCUT2D eigenvalue weighted by Gasteiger charge is 2.32. The number of rotatable bonds is 12. The minimum absolute atomic E-state index is 0.0541. The second kappa shape index (κ2) is 14.3. The number of nitrogens with one attached hydrogen (secondary N) is 1. The fraction of sp³-hybridized carbons (Fsp3) is 0.312. The van der Waals surface area contributed by atoms with E-state index in [-0.39, 0.29) is 17.4 Å². The van der Waals surface area contributed by atoms with Crippen LogP contribution in [0.15, 0.2) is 78.0 Å². The van der Waals surface area contributed by atoms with Gasteiger partial charge in [-0.05, 0) is 85.8 Å². The molecule has 1 aromatic heterocycles. The number of aliphatic hydroxyl groups is 1. The molecule has 1 saturated heterocycles. The van der Waals surface area contributed by atoms with Gasteiger partial charge in [0.1, 0.15) is 12.1 Å². The van der Waals surface area contributed by atoms with Crippen molar-refractivity contribution in [2.24, 2.45) is 4.99 Å². The van der Waals surface area contributed by atoms with Gasteiger partial charge in [-0.2, -0.15) is 0 Å². The molecule has 1 fully saturated rings. The number of nitrogens with zero attached hydrogens (tertiary/aromatic N) is 5. The number of ether oxygens (including phenoxy) is 1. The fourth-order valence-electron chi connectivity index (χ4n) is 4.92. The number of alkyl halides is 3. The number of aromatic nitrogens is 3. The van der Waals surface area contributed by atoms with E-state index >= 15 is 0 Å². The van der Waals surface area contributed by atoms with Gasteiger partial charge >= 0.3 is 6.36 Å². The molecule has 1 unspecified atom stereocenters. The van der Waals surface area contributed by atoms with E-state index in [1.165, 1.54) is 47.0 Å². The lowest BCUT2D eigenvalue weighted by Crippen LogP contribution is -2.34. The first-order chi connectivity index (χ1) is 21.6. The van der Waals surface area contributed by atoms with E-state index in [0.29, 0.717) is 36.1 Å². The zero-order valence-corrected chi connectivity index (χ0v) is 25.6. The van der Waals surface area contributed by atoms with Crippen molar-refractivity contribution >= 4 is 28.5 Å². The van der Waals surface area contributed by atoms with Crippen LogP contribution in [-0.4, -0.2) is 56.0 Å². The predicted octanol–water partition coefficient (Wildman–Crippen LogP) is 6.03. The number of aliphatic imine (C=N–C) groups is 1. The van der Waals surface area contributed by atoms with E-state index in [1.54, 1.807) is 4.90 Å². The molecule has 1 aliphatic heterocycles. The number of carbonyl (C=O) groups is 1. The van der Waals surface area contributed by atoms with Crippen molar-refractivity contribution in [3.8, 4) is 22.8 Å². The van der Waals surface area contributed by atoms with Crippen molar-refractivity contribution in [2.45, 2.75) is 52.2 Å². The summed E-state index contributed by atoms with van der Waals surface area (Å²) in [6.45, 7) is 4.58. The number of hydrogen-bond acceptors (Lipinski definition) is 8. The first-order valence-corrected chi connectivity index (χ1v) is 15.5. The number of aryl methyl sites for hydroxylation is 3. The highest BCUT2D eigenvalue weighted by atomic mass is 32.2. The van der Waals surface area contributed by atoms with Gasteiger partial charge in [-0.1, -0.05) is 55.4 Å². The first kappa shape index (κ1) is 32.2. The first-order valence-electron chi connectivity index (χ1n) is 14.5. The van der Waals surface area contributed by atoms with E-state index in [0.717, 1.165) is 40.8 Å². The number of aliphatic hydroxyl groups excluding tert-OH is 1. The summed E-state index contributed by atoms with van der Waals surface area (Å²) < 4.78 is 42.7. The molecular formula is C32H33F3N6O3S. The summed E-state index contributed by atoms with van der Waals surface area (Å²) in [6.07, 6.45) is -1.19. The lowest BCUT2D eigenvalue weighted by molar-refractivity contribution is -0.274. The quantitative estimate of drug-likeness (QED) is 0.144. The third-order valence-electron chi connectivity index (χ3n) is 6.98. The summed E-state index contributed by atoms with van der Waals surface area (Å²) in [5.74, 6) is 0.381. The largest absolute Gasteiger partial charge is 0.573 e. The van der Waals surface area contributed by atoms with E-state index < -0.39 is 12.7 Å². The maximum Gasteiger partial charge on any atom is 0.573 e. The molecule has 13 heteroatoms. The average molecular weight is 639 g/mol. The fourth-order valence-corrected chi connectivity index (χ4v) is 5.80. The molecule has 0 radical (unpaired) electrons. The summed E-state index contributed by atoms with van der Waals surface area (Å²) in [5, 5.41) is 18.6. The third-order valence-corrected chi connectivity index (χ3v) is 7.92. The molecule has 0 spiro atoms. The Balaban J connectivity index is 1.16. The Labute approximate surface area is 263 Å². The molecule has 3 aromatic carbocycles. The number of benzene rings is 3. The molecule has 2 heterocycles. The van der Waals surface area contributed by atoms with Gasteiger partial charge in [-0.15, -0.1) is 18.3 Å². The van der Waals surface area contributed by atoms with Crippen LogP contribution in [0.25, 0.3) is 17.1 Å². The minimum atomic E-state index is -4.75. The van der Waals surface area contributed by atoms with Gasteiger partial charge in [0.25, 0.3) is 0 Å². The maximum atomic E-state index is 12.8. The van der Waals surface area contributed by atoms with Crippen LogP contribution >= 0.6 is 11.8 Å². The van der Waals surface area contributed by atoms with Crippen LogP contribution < -0.4 is 15.0 Å². The molecule has 2 N–H and O–H groups in total. The lowest BCUT2D eigenvalue weighted by Gasteiger charge is -2.21. The number of amidine groups is 1. The third kappa shape index (κ3) is 8.50. The van der Waals surface area contributed by atoms with Crippen LogP contribution in [0.3, 0.4) is 0 Å². The van der Waals surface area contributed by atoms with Gasteiger partial charge in [0.15, 0.2) is 11.0 Å². The van der Waals surface area contributed by atoms with Crippen LogP contribution in [-0.2, 0) is 17.6 Å². The molecule has 1 aliphatic rings. The zero-order chi connectivity index (χ0) is 32.0. The highest BCUT2D eigenvalue weighted by molar-refractivity contribution is 8.15. The maximum absolute atomic E-state index is 12.8. The Hall–Kier alpha value is -4.20. The summed E-state index contributed by atoms with van der Waals surface area (Å²) in [7, 11) is 0. The molecule has 45 heavy (non-hydrogen) atoms. The molecule has 1 atom stereocenters. The van der Waals surface area contributed by atoms with E-state index in [4.69, 9.17) is 0 Å². The van der Waals surface area contributed by atoms with Gasteiger partial charge in [0.2, 0.25) is 12.3 Å². The molecule has 5 rings (SSSR count). The minimum Gasteiger partial charge on any atom is -0.406 e. The van der Waals surface area contributed by atoms with Crippen molar-refractivity contribution in [1.29, 1.82) is 0 Å². The number of amides is 1. The number of thioether (sulfide) groups is 1. The Morgan fingerprint density at radius 3 is 2.67 bits per heavy atom. The van der Waals surface area contributed by atoms with Gasteiger partial charge < -0.3 is 9.84 Å². The second-order valence-corrected chi connectivity index (χ2v) is 11.4. The van der Waals surface area contributed by atoms with Gasteiger partial charge in [-0.3, -0.25) is 15.0 Å². The van der Waals surface area contributed by atoms with Gasteiger partial charge in [-0.25, -0.2) is 14.7 Å². The Morgan fingerprint density at radius 2 is 1.91 bits per heavy atom. The second-order valence-electron chi connectivity index (χ2n) is 10.5. The molecule has 0 bridgehead atoms. The smallest absolute Gasteiger partial charge is 0.406 e. The summed E-state index contributed by atoms with van der Waals surface area (Å²) in [4.78, 5) is 23.2. The number of carbonyl (C=O) groups excluding carboxylic acids is 1. The van der Waals surface area contributed by atoms with Crippen molar-refractivity contribution in [3.63, 3.8) is 0 Å². The number of anilines is 1. The summed E-state index contributed by atoms with van der Waals surface area (Å²) in [6, 6.07) is 19.2. The highest BCUT2D eigenvalue weighted by Crippen LogP contribution is 2.31. The van der Waals surface area contributed by atoms with E-state index in [9.17, 15) is 23.1 Å². The van der Waals surface area contributed by atoms with E-state index in [1.807, 2.05) is 49.4 Å². The summed E-state index contributed by atoms with van der Waals surface area (Å²) >= 11 is 1.32. The van der Waals surface area contributed by atoms with Gasteiger partial charge in [0, 0.05) is 5.56 Å². The van der Waals surface area contributed by atoms with Crippen molar-refractivity contribution < 1.29 is 27.8 Å². The molecule has 0 aliphatic carbocycles.